The lowest BCUT2D eigenvalue weighted by Crippen LogP contribution is -2.36. The number of nitrogens with zero attached hydrogens (tertiary/aromatic N) is 2. The maximum absolute atomic E-state index is 13.8. The van der Waals surface area contributed by atoms with Gasteiger partial charge in [0.05, 0.1) is 19.3 Å². The molecule has 0 saturated heterocycles. The number of rotatable bonds is 6. The second-order valence-electron chi connectivity index (χ2n) is 7.61. The molecule has 2 N–H and O–H groups in total. The summed E-state index contributed by atoms with van der Waals surface area (Å²) in [5.74, 6) is 0.211. The standard InChI is InChI=1S/C23H23F3N4O2/c1-32-17-9-7-16(8-10-17)19-13-20(23(24,25)26)30-21(29-19)18(14-28-30)22(31)27-12-11-15-5-3-2-4-6-15/h2-10,14,19-20,29H,11-13H2,1H3,(H,27,31)/t19-,20+/m1/s1. The van der Waals surface area contributed by atoms with Crippen LogP contribution in [-0.4, -0.2) is 35.5 Å². The largest absolute Gasteiger partial charge is 0.497 e. The van der Waals surface area contributed by atoms with Gasteiger partial charge in [0.2, 0.25) is 0 Å². The van der Waals surface area contributed by atoms with Gasteiger partial charge in [-0.15, -0.1) is 0 Å². The van der Waals surface area contributed by atoms with Crippen molar-refractivity contribution in [2.24, 2.45) is 0 Å². The normalized spacial score (nSPS) is 17.9. The number of hydrogen-bond donors (Lipinski definition) is 2. The number of carbonyl (C=O) groups is 1. The molecule has 0 aliphatic carbocycles. The van der Waals surface area contributed by atoms with Crippen LogP contribution in [0.4, 0.5) is 19.0 Å². The van der Waals surface area contributed by atoms with E-state index < -0.39 is 24.2 Å². The van der Waals surface area contributed by atoms with Crippen molar-refractivity contribution in [2.45, 2.75) is 31.1 Å². The van der Waals surface area contributed by atoms with Crippen molar-refractivity contribution in [1.29, 1.82) is 0 Å². The first-order valence-electron chi connectivity index (χ1n) is 10.2. The van der Waals surface area contributed by atoms with E-state index >= 15 is 0 Å². The van der Waals surface area contributed by atoms with Crippen molar-refractivity contribution in [2.75, 3.05) is 19.0 Å². The lowest BCUT2D eigenvalue weighted by atomic mass is 9.96. The number of methoxy groups -OCH3 is 1. The van der Waals surface area contributed by atoms with E-state index in [1.165, 1.54) is 13.3 Å². The van der Waals surface area contributed by atoms with Gasteiger partial charge >= 0.3 is 6.18 Å². The fraction of sp³-hybridized carbons (Fsp3) is 0.304. The van der Waals surface area contributed by atoms with Gasteiger partial charge in [-0.3, -0.25) is 4.79 Å². The van der Waals surface area contributed by atoms with Gasteiger partial charge in [0.15, 0.2) is 6.04 Å². The Kier molecular flexibility index (Phi) is 6.07. The number of alkyl halides is 3. The number of nitrogens with one attached hydrogen (secondary N) is 2. The highest BCUT2D eigenvalue weighted by atomic mass is 19.4. The first-order chi connectivity index (χ1) is 15.4. The number of carbonyl (C=O) groups excluding carboxylic acids is 1. The number of aromatic nitrogens is 2. The number of amides is 1. The number of benzene rings is 2. The molecule has 1 aliphatic rings. The molecule has 2 heterocycles. The molecule has 168 valence electrons. The Labute approximate surface area is 183 Å². The Balaban J connectivity index is 1.55. The van der Waals surface area contributed by atoms with Gasteiger partial charge in [-0.05, 0) is 29.7 Å². The Morgan fingerprint density at radius 2 is 1.91 bits per heavy atom. The predicted octanol–water partition coefficient (Wildman–Crippen LogP) is 4.52. The van der Waals surface area contributed by atoms with E-state index in [9.17, 15) is 18.0 Å². The summed E-state index contributed by atoms with van der Waals surface area (Å²) in [6.45, 7) is 0.359. The molecule has 4 rings (SSSR count). The Morgan fingerprint density at radius 1 is 1.19 bits per heavy atom. The molecule has 1 amide bonds. The molecule has 1 aromatic heterocycles. The molecule has 0 radical (unpaired) electrons. The number of anilines is 1. The van der Waals surface area contributed by atoms with Crippen LogP contribution < -0.4 is 15.4 Å². The Morgan fingerprint density at radius 3 is 2.56 bits per heavy atom. The maximum atomic E-state index is 13.8. The monoisotopic (exact) mass is 444 g/mol. The number of hydrogen-bond acceptors (Lipinski definition) is 4. The number of fused-ring (bicyclic) bond motifs is 1. The number of halogens is 3. The third-order valence-electron chi connectivity index (χ3n) is 5.54. The van der Waals surface area contributed by atoms with Gasteiger partial charge in [0.1, 0.15) is 17.1 Å². The van der Waals surface area contributed by atoms with Crippen molar-refractivity contribution in [3.8, 4) is 5.75 Å². The van der Waals surface area contributed by atoms with Crippen LogP contribution in [0.25, 0.3) is 0 Å². The lowest BCUT2D eigenvalue weighted by Gasteiger charge is -2.34. The minimum atomic E-state index is -4.51. The molecule has 9 heteroatoms. The average Bonchev–Trinajstić information content (AvgIpc) is 3.22. The molecule has 0 fully saturated rings. The van der Waals surface area contributed by atoms with E-state index in [2.05, 4.69) is 15.7 Å². The van der Waals surface area contributed by atoms with Crippen LogP contribution in [0.2, 0.25) is 0 Å². The minimum absolute atomic E-state index is 0.0663. The molecule has 1 aliphatic heterocycles. The van der Waals surface area contributed by atoms with E-state index in [4.69, 9.17) is 4.74 Å². The van der Waals surface area contributed by atoms with Crippen molar-refractivity contribution >= 4 is 11.7 Å². The van der Waals surface area contributed by atoms with Crippen LogP contribution >= 0.6 is 0 Å². The molecular weight excluding hydrogens is 421 g/mol. The van der Waals surface area contributed by atoms with Crippen LogP contribution in [0.15, 0.2) is 60.8 Å². The molecule has 0 spiro atoms. The number of ether oxygens (including phenoxy) is 1. The van der Waals surface area contributed by atoms with Crippen molar-refractivity contribution in [3.05, 3.63) is 77.5 Å². The summed E-state index contributed by atoms with van der Waals surface area (Å²) < 4.78 is 47.5. The Bertz CT molecular complexity index is 1070. The highest BCUT2D eigenvalue weighted by Crippen LogP contribution is 2.44. The van der Waals surface area contributed by atoms with E-state index in [1.54, 1.807) is 24.3 Å². The van der Waals surface area contributed by atoms with Gasteiger partial charge in [-0.2, -0.15) is 18.3 Å². The predicted molar refractivity (Wildman–Crippen MR) is 114 cm³/mol. The van der Waals surface area contributed by atoms with Crippen LogP contribution in [0.1, 0.15) is 40.0 Å². The van der Waals surface area contributed by atoms with E-state index in [0.717, 1.165) is 10.2 Å². The minimum Gasteiger partial charge on any atom is -0.497 e. The van der Waals surface area contributed by atoms with Gasteiger partial charge in [0, 0.05) is 13.0 Å². The van der Waals surface area contributed by atoms with Gasteiger partial charge in [-0.1, -0.05) is 42.5 Å². The summed E-state index contributed by atoms with van der Waals surface area (Å²) >= 11 is 0. The average molecular weight is 444 g/mol. The van der Waals surface area contributed by atoms with Gasteiger partial charge < -0.3 is 15.4 Å². The molecule has 3 aromatic rings. The fourth-order valence-electron chi connectivity index (χ4n) is 3.84. The first kappa shape index (κ1) is 21.7. The van der Waals surface area contributed by atoms with Crippen molar-refractivity contribution in [1.82, 2.24) is 15.1 Å². The third kappa shape index (κ3) is 4.56. The summed E-state index contributed by atoms with van der Waals surface area (Å²) in [5, 5.41) is 9.77. The van der Waals surface area contributed by atoms with E-state index in [0.29, 0.717) is 24.3 Å². The summed E-state index contributed by atoms with van der Waals surface area (Å²) in [5.41, 5.74) is 1.81. The van der Waals surface area contributed by atoms with Crippen molar-refractivity contribution in [3.63, 3.8) is 0 Å². The SMILES string of the molecule is COc1ccc([C@H]2C[C@@H](C(F)(F)F)n3ncc(C(=O)NCCc4ccccc4)c3N2)cc1. The lowest BCUT2D eigenvalue weighted by molar-refractivity contribution is -0.173. The van der Waals surface area contributed by atoms with Crippen LogP contribution in [0, 0.1) is 0 Å². The zero-order chi connectivity index (χ0) is 22.7. The molecule has 0 unspecified atom stereocenters. The summed E-state index contributed by atoms with van der Waals surface area (Å²) in [7, 11) is 1.52. The van der Waals surface area contributed by atoms with Crippen LogP contribution in [0.5, 0.6) is 5.75 Å². The zero-order valence-electron chi connectivity index (χ0n) is 17.4. The molecule has 0 saturated carbocycles. The molecular formula is C23H23F3N4O2. The molecule has 2 atom stereocenters. The summed E-state index contributed by atoms with van der Waals surface area (Å²) in [4.78, 5) is 12.7. The third-order valence-corrected chi connectivity index (χ3v) is 5.54. The highest BCUT2D eigenvalue weighted by Gasteiger charge is 2.47. The van der Waals surface area contributed by atoms with Gasteiger partial charge in [-0.25, -0.2) is 4.68 Å². The smallest absolute Gasteiger partial charge is 0.410 e. The second-order valence-corrected chi connectivity index (χ2v) is 7.61. The summed E-state index contributed by atoms with van der Waals surface area (Å²) in [6, 6.07) is 14.0. The molecule has 6 nitrogen and oxygen atoms in total. The highest BCUT2D eigenvalue weighted by molar-refractivity contribution is 5.98. The first-order valence-corrected chi connectivity index (χ1v) is 10.2. The second kappa shape index (κ2) is 8.94. The molecule has 0 bridgehead atoms. The fourth-order valence-corrected chi connectivity index (χ4v) is 3.84. The quantitative estimate of drug-likeness (QED) is 0.587. The van der Waals surface area contributed by atoms with Crippen LogP contribution in [-0.2, 0) is 6.42 Å². The van der Waals surface area contributed by atoms with Crippen molar-refractivity contribution < 1.29 is 22.7 Å². The van der Waals surface area contributed by atoms with E-state index in [1.807, 2.05) is 30.3 Å². The summed E-state index contributed by atoms with van der Waals surface area (Å²) in [6.07, 6.45) is -2.94. The maximum Gasteiger partial charge on any atom is 0.410 e. The van der Waals surface area contributed by atoms with Gasteiger partial charge in [0.25, 0.3) is 5.91 Å². The zero-order valence-corrected chi connectivity index (χ0v) is 17.4. The van der Waals surface area contributed by atoms with E-state index in [-0.39, 0.29) is 17.8 Å². The topological polar surface area (TPSA) is 68.2 Å². The van der Waals surface area contributed by atoms with Crippen LogP contribution in [0.3, 0.4) is 0 Å². The molecule has 32 heavy (non-hydrogen) atoms. The molecule has 2 aromatic carbocycles. The Hall–Kier alpha value is -3.49.